The smallest absolute Gasteiger partial charge is 0.120 e. The predicted octanol–water partition coefficient (Wildman–Crippen LogP) is 5.37. The predicted molar refractivity (Wildman–Crippen MR) is 95.6 cm³/mol. The lowest BCUT2D eigenvalue weighted by atomic mass is 10.1. The summed E-state index contributed by atoms with van der Waals surface area (Å²) in [6.07, 6.45) is 0. The first-order chi connectivity index (χ1) is 10.4. The summed E-state index contributed by atoms with van der Waals surface area (Å²) in [5, 5.41) is 4.28. The Balaban J connectivity index is 1.93. The Morgan fingerprint density at radius 1 is 0.864 bits per heavy atom. The summed E-state index contributed by atoms with van der Waals surface area (Å²) in [6.45, 7) is 11.8. The second-order valence-electron chi connectivity index (χ2n) is 5.92. The van der Waals surface area contributed by atoms with Crippen molar-refractivity contribution in [2.75, 3.05) is 18.5 Å². The molecule has 0 unspecified atom stereocenters. The molecule has 0 bridgehead atoms. The van der Waals surface area contributed by atoms with Gasteiger partial charge in [-0.2, -0.15) is 0 Å². The van der Waals surface area contributed by atoms with Crippen molar-refractivity contribution in [1.29, 1.82) is 0 Å². The summed E-state index contributed by atoms with van der Waals surface area (Å²) in [6, 6.07) is 8.36. The molecule has 118 valence electrons. The molecule has 0 radical (unpaired) electrons. The molecule has 0 saturated heterocycles. The van der Waals surface area contributed by atoms with Gasteiger partial charge in [0.1, 0.15) is 12.4 Å². The molecule has 2 aromatic carbocycles. The zero-order valence-electron chi connectivity index (χ0n) is 14.0. The molecule has 0 aromatic heterocycles. The Morgan fingerprint density at radius 3 is 1.95 bits per heavy atom. The van der Waals surface area contributed by atoms with Gasteiger partial charge >= 0.3 is 0 Å². The Labute approximate surface area is 138 Å². The van der Waals surface area contributed by atoms with Gasteiger partial charge in [0.15, 0.2) is 0 Å². The van der Waals surface area contributed by atoms with Crippen LogP contribution in [0.1, 0.15) is 27.8 Å². The van der Waals surface area contributed by atoms with Gasteiger partial charge in [-0.25, -0.2) is 0 Å². The van der Waals surface area contributed by atoms with E-state index in [1.54, 1.807) is 0 Å². The molecule has 0 aliphatic rings. The van der Waals surface area contributed by atoms with Gasteiger partial charge in [-0.3, -0.25) is 0 Å². The zero-order valence-corrected chi connectivity index (χ0v) is 14.8. The number of anilines is 1. The second kappa shape index (κ2) is 7.06. The molecule has 3 heteroatoms. The molecule has 2 rings (SSSR count). The normalized spacial score (nSPS) is 10.6. The number of nitrogens with one attached hydrogen (secondary N) is 1. The SMILES string of the molecule is Cc1cc(C)c(NCCOc2cc(C)c(Cl)c(C)c2)c(C)c1. The van der Waals surface area contributed by atoms with Crippen molar-refractivity contribution < 1.29 is 4.74 Å². The lowest BCUT2D eigenvalue weighted by Crippen LogP contribution is -2.13. The van der Waals surface area contributed by atoms with Gasteiger partial charge < -0.3 is 10.1 Å². The van der Waals surface area contributed by atoms with Crippen LogP contribution in [-0.2, 0) is 0 Å². The molecule has 0 aliphatic heterocycles. The van der Waals surface area contributed by atoms with E-state index in [0.717, 1.165) is 28.4 Å². The molecule has 0 aliphatic carbocycles. The molecule has 2 nitrogen and oxygen atoms in total. The van der Waals surface area contributed by atoms with E-state index in [0.29, 0.717) is 6.61 Å². The zero-order chi connectivity index (χ0) is 16.3. The number of rotatable bonds is 5. The highest BCUT2D eigenvalue weighted by atomic mass is 35.5. The van der Waals surface area contributed by atoms with E-state index in [9.17, 15) is 0 Å². The van der Waals surface area contributed by atoms with Gasteiger partial charge in [0.05, 0.1) is 0 Å². The maximum Gasteiger partial charge on any atom is 0.120 e. The third kappa shape index (κ3) is 3.95. The van der Waals surface area contributed by atoms with E-state index < -0.39 is 0 Å². The molecular weight excluding hydrogens is 294 g/mol. The fraction of sp³-hybridized carbons (Fsp3) is 0.368. The molecule has 22 heavy (non-hydrogen) atoms. The Morgan fingerprint density at radius 2 is 1.41 bits per heavy atom. The molecule has 0 amide bonds. The average molecular weight is 318 g/mol. The van der Waals surface area contributed by atoms with Gasteiger partial charge in [0.2, 0.25) is 0 Å². The van der Waals surface area contributed by atoms with E-state index in [1.807, 2.05) is 26.0 Å². The van der Waals surface area contributed by atoms with Crippen molar-refractivity contribution in [3.63, 3.8) is 0 Å². The molecular formula is C19H24ClNO. The number of hydrogen-bond donors (Lipinski definition) is 1. The highest BCUT2D eigenvalue weighted by Gasteiger charge is 2.05. The van der Waals surface area contributed by atoms with Crippen molar-refractivity contribution in [1.82, 2.24) is 0 Å². The van der Waals surface area contributed by atoms with Crippen LogP contribution in [0.4, 0.5) is 5.69 Å². The van der Waals surface area contributed by atoms with Crippen LogP contribution in [0.25, 0.3) is 0 Å². The van der Waals surface area contributed by atoms with Crippen LogP contribution in [0, 0.1) is 34.6 Å². The lowest BCUT2D eigenvalue weighted by Gasteiger charge is -2.15. The van der Waals surface area contributed by atoms with Crippen LogP contribution in [0.5, 0.6) is 5.75 Å². The molecule has 0 atom stereocenters. The second-order valence-corrected chi connectivity index (χ2v) is 6.30. The minimum atomic E-state index is 0.618. The maximum atomic E-state index is 6.17. The highest BCUT2D eigenvalue weighted by Crippen LogP contribution is 2.26. The summed E-state index contributed by atoms with van der Waals surface area (Å²) in [7, 11) is 0. The highest BCUT2D eigenvalue weighted by molar-refractivity contribution is 6.32. The standard InChI is InChI=1S/C19H24ClNO/c1-12-8-15(4)19(16(5)9-12)21-6-7-22-17-10-13(2)18(20)14(3)11-17/h8-11,21H,6-7H2,1-5H3. The third-order valence-corrected chi connectivity index (χ3v) is 4.36. The number of halogens is 1. The minimum absolute atomic E-state index is 0.618. The van der Waals surface area contributed by atoms with Crippen molar-refractivity contribution >= 4 is 17.3 Å². The summed E-state index contributed by atoms with van der Waals surface area (Å²) in [5.74, 6) is 0.874. The van der Waals surface area contributed by atoms with Gasteiger partial charge in [-0.15, -0.1) is 0 Å². The van der Waals surface area contributed by atoms with Crippen molar-refractivity contribution in [2.24, 2.45) is 0 Å². The van der Waals surface area contributed by atoms with Crippen LogP contribution in [-0.4, -0.2) is 13.2 Å². The van der Waals surface area contributed by atoms with Crippen LogP contribution in [0.2, 0.25) is 5.02 Å². The van der Waals surface area contributed by atoms with E-state index in [4.69, 9.17) is 16.3 Å². The van der Waals surface area contributed by atoms with Gasteiger partial charge in [-0.05, 0) is 69.0 Å². The fourth-order valence-electron chi connectivity index (χ4n) is 2.79. The molecule has 0 fully saturated rings. The first kappa shape index (κ1) is 16.7. The molecule has 0 spiro atoms. The Bertz CT molecular complexity index is 633. The monoisotopic (exact) mass is 317 g/mol. The lowest BCUT2D eigenvalue weighted by molar-refractivity contribution is 0.332. The number of aryl methyl sites for hydroxylation is 5. The molecule has 2 aromatic rings. The van der Waals surface area contributed by atoms with Gasteiger partial charge in [0.25, 0.3) is 0 Å². The topological polar surface area (TPSA) is 21.3 Å². The molecule has 1 N–H and O–H groups in total. The fourth-order valence-corrected chi connectivity index (χ4v) is 2.90. The summed E-state index contributed by atoms with van der Waals surface area (Å²) in [5.41, 5.74) is 7.15. The molecule has 0 heterocycles. The first-order valence-electron chi connectivity index (χ1n) is 7.59. The van der Waals surface area contributed by atoms with Gasteiger partial charge in [0, 0.05) is 17.3 Å². The number of hydrogen-bond acceptors (Lipinski definition) is 2. The summed E-state index contributed by atoms with van der Waals surface area (Å²) in [4.78, 5) is 0. The number of benzene rings is 2. The van der Waals surface area contributed by atoms with E-state index in [2.05, 4.69) is 38.2 Å². The van der Waals surface area contributed by atoms with Crippen molar-refractivity contribution in [3.8, 4) is 5.75 Å². The Kier molecular flexibility index (Phi) is 5.36. The van der Waals surface area contributed by atoms with Crippen LogP contribution < -0.4 is 10.1 Å². The van der Waals surface area contributed by atoms with Crippen LogP contribution in [0.15, 0.2) is 24.3 Å². The minimum Gasteiger partial charge on any atom is -0.492 e. The summed E-state index contributed by atoms with van der Waals surface area (Å²) < 4.78 is 5.83. The average Bonchev–Trinajstić information content (AvgIpc) is 2.42. The van der Waals surface area contributed by atoms with Crippen molar-refractivity contribution in [2.45, 2.75) is 34.6 Å². The van der Waals surface area contributed by atoms with E-state index in [1.165, 1.54) is 22.4 Å². The number of ether oxygens (including phenoxy) is 1. The van der Waals surface area contributed by atoms with Gasteiger partial charge in [-0.1, -0.05) is 29.3 Å². The largest absolute Gasteiger partial charge is 0.492 e. The summed E-state index contributed by atoms with van der Waals surface area (Å²) >= 11 is 6.17. The third-order valence-electron chi connectivity index (χ3n) is 3.76. The quantitative estimate of drug-likeness (QED) is 0.748. The van der Waals surface area contributed by atoms with E-state index in [-0.39, 0.29) is 0 Å². The van der Waals surface area contributed by atoms with E-state index >= 15 is 0 Å². The Hall–Kier alpha value is -1.67. The van der Waals surface area contributed by atoms with Crippen LogP contribution in [0.3, 0.4) is 0 Å². The molecule has 0 saturated carbocycles. The van der Waals surface area contributed by atoms with Crippen molar-refractivity contribution in [3.05, 3.63) is 57.1 Å². The first-order valence-corrected chi connectivity index (χ1v) is 7.97. The van der Waals surface area contributed by atoms with Crippen LogP contribution >= 0.6 is 11.6 Å². The maximum absolute atomic E-state index is 6.17.